The van der Waals surface area contributed by atoms with E-state index in [0.29, 0.717) is 6.04 Å². The van der Waals surface area contributed by atoms with Crippen LogP contribution in [0.4, 0.5) is 0 Å². The van der Waals surface area contributed by atoms with E-state index < -0.39 is 0 Å². The zero-order valence-corrected chi connectivity index (χ0v) is 15.1. The predicted octanol–water partition coefficient (Wildman–Crippen LogP) is 5.02. The second-order valence-electron chi connectivity index (χ2n) is 5.80. The third-order valence-corrected chi connectivity index (χ3v) is 6.17. The van der Waals surface area contributed by atoms with Crippen LogP contribution in [0.2, 0.25) is 0 Å². The highest BCUT2D eigenvalue weighted by molar-refractivity contribution is 7.80. The average molecular weight is 351 g/mol. The van der Waals surface area contributed by atoms with Gasteiger partial charge in [-0.25, -0.2) is 0 Å². The third kappa shape index (κ3) is 4.54. The Morgan fingerprint density at radius 1 is 1.05 bits per heavy atom. The summed E-state index contributed by atoms with van der Waals surface area (Å²) in [5.41, 5.74) is 0. The van der Waals surface area contributed by atoms with Crippen LogP contribution in [-0.4, -0.2) is 16.1 Å². The Hall–Kier alpha value is -0.910. The van der Waals surface area contributed by atoms with Crippen LogP contribution < -0.4 is 5.32 Å². The first-order valence-electron chi connectivity index (χ1n) is 7.91. The summed E-state index contributed by atoms with van der Waals surface area (Å²) in [5.74, 6) is 0. The largest absolute Gasteiger partial charge is 0.360 e. The monoisotopic (exact) mass is 350 g/mol. The molecule has 1 N–H and O–H groups in total. The number of rotatable bonds is 5. The molecule has 1 aliphatic rings. The predicted molar refractivity (Wildman–Crippen MR) is 100 cm³/mol. The first kappa shape index (κ1) is 16.0. The number of nitrogens with zero attached hydrogens (tertiary/aromatic N) is 1. The van der Waals surface area contributed by atoms with Gasteiger partial charge >= 0.3 is 0 Å². The summed E-state index contributed by atoms with van der Waals surface area (Å²) in [5, 5.41) is 8.79. The maximum atomic E-state index is 5.73. The van der Waals surface area contributed by atoms with Gasteiger partial charge in [0.2, 0.25) is 0 Å². The summed E-state index contributed by atoms with van der Waals surface area (Å²) >= 11 is 9.33. The number of hydrogen-bond donors (Lipinski definition) is 1. The van der Waals surface area contributed by atoms with Crippen molar-refractivity contribution in [2.24, 2.45) is 0 Å². The molecule has 0 spiro atoms. The molecule has 0 bridgehead atoms. The van der Waals surface area contributed by atoms with Gasteiger partial charge in [0.25, 0.3) is 0 Å². The van der Waals surface area contributed by atoms with E-state index in [1.807, 2.05) is 0 Å². The molecule has 0 radical (unpaired) electrons. The summed E-state index contributed by atoms with van der Waals surface area (Å²) in [6.07, 6.45) is 6.54. The van der Waals surface area contributed by atoms with E-state index in [9.17, 15) is 0 Å². The molecule has 2 heterocycles. The van der Waals surface area contributed by atoms with E-state index in [4.69, 9.17) is 12.2 Å². The fourth-order valence-electron chi connectivity index (χ4n) is 2.89. The van der Waals surface area contributed by atoms with E-state index >= 15 is 0 Å². The fraction of sp³-hybridized carbons (Fsp3) is 0.471. The van der Waals surface area contributed by atoms with Crippen LogP contribution in [0.15, 0.2) is 35.0 Å². The molecule has 0 saturated heterocycles. The van der Waals surface area contributed by atoms with Crippen molar-refractivity contribution in [3.63, 3.8) is 0 Å². The maximum absolute atomic E-state index is 5.73. The lowest BCUT2D eigenvalue weighted by atomic mass is 9.96. The Labute approximate surface area is 146 Å². The summed E-state index contributed by atoms with van der Waals surface area (Å²) < 4.78 is 0. The van der Waals surface area contributed by atoms with Crippen molar-refractivity contribution in [1.82, 2.24) is 10.2 Å². The molecule has 2 aromatic heterocycles. The molecular weight excluding hydrogens is 328 g/mol. The first-order chi connectivity index (χ1) is 10.8. The van der Waals surface area contributed by atoms with E-state index in [1.165, 1.54) is 41.9 Å². The van der Waals surface area contributed by atoms with Crippen LogP contribution in [0.3, 0.4) is 0 Å². The van der Waals surface area contributed by atoms with Gasteiger partial charge in [0.1, 0.15) is 0 Å². The first-order valence-corrected chi connectivity index (χ1v) is 10.1. The molecule has 1 saturated carbocycles. The topological polar surface area (TPSA) is 15.3 Å². The molecule has 2 aromatic rings. The van der Waals surface area contributed by atoms with Crippen LogP contribution in [0, 0.1) is 0 Å². The second kappa shape index (κ2) is 8.09. The highest BCUT2D eigenvalue weighted by Gasteiger charge is 2.18. The molecule has 22 heavy (non-hydrogen) atoms. The number of hydrogen-bond acceptors (Lipinski definition) is 3. The minimum atomic E-state index is 0.565. The molecule has 1 fully saturated rings. The van der Waals surface area contributed by atoms with Crippen LogP contribution >= 0.6 is 34.9 Å². The van der Waals surface area contributed by atoms with E-state index in [1.54, 1.807) is 22.7 Å². The van der Waals surface area contributed by atoms with Gasteiger partial charge in [-0.2, -0.15) is 0 Å². The van der Waals surface area contributed by atoms with Gasteiger partial charge in [-0.05, 0) is 48.0 Å². The van der Waals surface area contributed by atoms with Crippen molar-refractivity contribution in [3.05, 3.63) is 44.8 Å². The van der Waals surface area contributed by atoms with Gasteiger partial charge in [-0.15, -0.1) is 22.7 Å². The normalized spacial score (nSPS) is 15.6. The molecule has 118 valence electrons. The molecule has 5 heteroatoms. The molecule has 2 nitrogen and oxygen atoms in total. The third-order valence-electron chi connectivity index (χ3n) is 4.07. The minimum absolute atomic E-state index is 0.565. The SMILES string of the molecule is S=C(NC1CCCCC1)N(Cc1cccs1)Cc1cccs1. The Bertz CT molecular complexity index is 521. The number of thiophene rings is 2. The van der Waals surface area contributed by atoms with Gasteiger partial charge in [-0.3, -0.25) is 0 Å². The highest BCUT2D eigenvalue weighted by Crippen LogP contribution is 2.20. The second-order valence-corrected chi connectivity index (χ2v) is 8.25. The van der Waals surface area contributed by atoms with E-state index in [0.717, 1.165) is 18.2 Å². The minimum Gasteiger partial charge on any atom is -0.360 e. The van der Waals surface area contributed by atoms with Crippen molar-refractivity contribution in [2.45, 2.75) is 51.2 Å². The van der Waals surface area contributed by atoms with Crippen molar-refractivity contribution in [3.8, 4) is 0 Å². The van der Waals surface area contributed by atoms with Crippen molar-refractivity contribution < 1.29 is 0 Å². The Morgan fingerprint density at radius 3 is 2.14 bits per heavy atom. The van der Waals surface area contributed by atoms with Gasteiger partial charge < -0.3 is 10.2 Å². The Morgan fingerprint density at radius 2 is 1.64 bits per heavy atom. The Balaban J connectivity index is 1.64. The lowest BCUT2D eigenvalue weighted by molar-refractivity contribution is 0.366. The summed E-state index contributed by atoms with van der Waals surface area (Å²) in [6, 6.07) is 9.17. The number of nitrogens with one attached hydrogen (secondary N) is 1. The summed E-state index contributed by atoms with van der Waals surface area (Å²) in [6.45, 7) is 1.79. The molecule has 0 aliphatic heterocycles. The van der Waals surface area contributed by atoms with Gasteiger partial charge in [0.15, 0.2) is 5.11 Å². The van der Waals surface area contributed by atoms with Crippen LogP contribution in [0.1, 0.15) is 41.9 Å². The molecular formula is C17H22N2S3. The molecule has 0 unspecified atom stereocenters. The molecule has 1 aliphatic carbocycles. The molecule has 3 rings (SSSR count). The number of thiocarbonyl (C=S) groups is 1. The zero-order valence-electron chi connectivity index (χ0n) is 12.7. The van der Waals surface area contributed by atoms with Crippen LogP contribution in [-0.2, 0) is 13.1 Å². The van der Waals surface area contributed by atoms with Gasteiger partial charge in [0.05, 0.1) is 13.1 Å². The average Bonchev–Trinajstić information content (AvgIpc) is 3.21. The molecule has 0 amide bonds. The summed E-state index contributed by atoms with van der Waals surface area (Å²) in [4.78, 5) is 5.04. The van der Waals surface area contributed by atoms with E-state index in [2.05, 4.69) is 45.2 Å². The van der Waals surface area contributed by atoms with Crippen molar-refractivity contribution >= 4 is 40.0 Å². The fourth-order valence-corrected chi connectivity index (χ4v) is 4.63. The quantitative estimate of drug-likeness (QED) is 0.762. The Kier molecular flexibility index (Phi) is 5.87. The zero-order chi connectivity index (χ0) is 15.2. The van der Waals surface area contributed by atoms with Crippen LogP contribution in [0.25, 0.3) is 0 Å². The maximum Gasteiger partial charge on any atom is 0.169 e. The highest BCUT2D eigenvalue weighted by atomic mass is 32.1. The van der Waals surface area contributed by atoms with Crippen molar-refractivity contribution in [1.29, 1.82) is 0 Å². The van der Waals surface area contributed by atoms with Gasteiger partial charge in [-0.1, -0.05) is 31.4 Å². The smallest absolute Gasteiger partial charge is 0.169 e. The molecule has 0 atom stereocenters. The van der Waals surface area contributed by atoms with E-state index in [-0.39, 0.29) is 0 Å². The lowest BCUT2D eigenvalue weighted by Crippen LogP contribution is -2.44. The van der Waals surface area contributed by atoms with Crippen LogP contribution in [0.5, 0.6) is 0 Å². The van der Waals surface area contributed by atoms with Crippen molar-refractivity contribution in [2.75, 3.05) is 0 Å². The standard InChI is InChI=1S/C17H22N2S3/c20-17(18-14-6-2-1-3-7-14)19(12-15-8-4-10-21-15)13-16-9-5-11-22-16/h4-5,8-11,14H,1-3,6-7,12-13H2,(H,18,20). The molecule has 0 aromatic carbocycles. The lowest BCUT2D eigenvalue weighted by Gasteiger charge is -2.30. The van der Waals surface area contributed by atoms with Gasteiger partial charge in [0, 0.05) is 15.8 Å². The summed E-state index contributed by atoms with van der Waals surface area (Å²) in [7, 11) is 0.